The van der Waals surface area contributed by atoms with Crippen LogP contribution < -0.4 is 27.2 Å². The molecular formula is C10H23N5S. The molecule has 94 valence electrons. The zero-order valence-electron chi connectivity index (χ0n) is 9.74. The van der Waals surface area contributed by atoms with Crippen LogP contribution in [-0.2, 0) is 0 Å². The second-order valence-corrected chi connectivity index (χ2v) is 5.39. The molecule has 6 heteroatoms. The molecule has 0 spiro atoms. The summed E-state index contributed by atoms with van der Waals surface area (Å²) in [6.07, 6.45) is 5.60. The summed E-state index contributed by atoms with van der Waals surface area (Å²) in [5.41, 5.74) is 11.3. The molecule has 2 fully saturated rings. The minimum Gasteiger partial charge on any atom is -0.307 e. The van der Waals surface area contributed by atoms with Crippen LogP contribution in [0.3, 0.4) is 0 Å². The molecule has 0 bridgehead atoms. The fourth-order valence-corrected chi connectivity index (χ4v) is 2.70. The minimum absolute atomic E-state index is 0.281. The van der Waals surface area contributed by atoms with Crippen LogP contribution in [0.1, 0.15) is 32.6 Å². The Balaban J connectivity index is 1.78. The lowest BCUT2D eigenvalue weighted by Crippen LogP contribution is -2.56. The first-order chi connectivity index (χ1) is 7.66. The zero-order valence-corrected chi connectivity index (χ0v) is 10.6. The van der Waals surface area contributed by atoms with E-state index in [1.165, 1.54) is 25.7 Å². The Morgan fingerprint density at radius 3 is 2.25 bits per heavy atom. The molecule has 16 heavy (non-hydrogen) atoms. The standard InChI is InChI=1S/C10H23N5S/c1-6(14-15-10(11)16)9-12-7-4-2-3-5-8(7)13-9/h6-10,12-16H,2-5,11H2,1H3. The molecule has 1 saturated carbocycles. The number of thiol groups is 1. The summed E-state index contributed by atoms with van der Waals surface area (Å²) in [6.45, 7) is 2.13. The SMILES string of the molecule is CC(NNC(N)S)C1NC2CCCCC2N1. The van der Waals surface area contributed by atoms with Crippen molar-refractivity contribution in [2.45, 2.75) is 62.4 Å². The van der Waals surface area contributed by atoms with E-state index in [1.807, 2.05) is 0 Å². The van der Waals surface area contributed by atoms with Gasteiger partial charge in [-0.15, -0.1) is 12.6 Å². The zero-order chi connectivity index (χ0) is 11.5. The lowest BCUT2D eigenvalue weighted by molar-refractivity contribution is 0.342. The largest absolute Gasteiger partial charge is 0.307 e. The van der Waals surface area contributed by atoms with Crippen molar-refractivity contribution >= 4 is 12.6 Å². The van der Waals surface area contributed by atoms with Crippen molar-refractivity contribution in [2.24, 2.45) is 5.73 Å². The molecule has 4 atom stereocenters. The molecule has 5 nitrogen and oxygen atoms in total. The fourth-order valence-electron chi connectivity index (χ4n) is 2.63. The number of hydrogen-bond acceptors (Lipinski definition) is 6. The summed E-state index contributed by atoms with van der Waals surface area (Å²) in [7, 11) is 0. The molecule has 1 saturated heterocycles. The Bertz CT molecular complexity index is 211. The molecule has 2 rings (SSSR count). The van der Waals surface area contributed by atoms with Crippen molar-refractivity contribution in [1.29, 1.82) is 0 Å². The second kappa shape index (κ2) is 5.66. The van der Waals surface area contributed by atoms with Gasteiger partial charge in [0.05, 0.1) is 6.17 Å². The van der Waals surface area contributed by atoms with Gasteiger partial charge in [0.15, 0.2) is 0 Å². The van der Waals surface area contributed by atoms with E-state index >= 15 is 0 Å². The third-order valence-electron chi connectivity index (χ3n) is 3.51. The van der Waals surface area contributed by atoms with Crippen molar-refractivity contribution < 1.29 is 0 Å². The molecule has 0 aromatic rings. The van der Waals surface area contributed by atoms with Crippen LogP contribution in [0.15, 0.2) is 0 Å². The highest BCUT2D eigenvalue weighted by Gasteiger charge is 2.36. The molecule has 0 aromatic carbocycles. The molecule has 1 aliphatic heterocycles. The highest BCUT2D eigenvalue weighted by atomic mass is 32.1. The molecule has 6 N–H and O–H groups in total. The summed E-state index contributed by atoms with van der Waals surface area (Å²) in [4.78, 5) is 0. The van der Waals surface area contributed by atoms with Gasteiger partial charge in [-0.3, -0.25) is 16.1 Å². The van der Waals surface area contributed by atoms with E-state index < -0.39 is 0 Å². The van der Waals surface area contributed by atoms with Crippen molar-refractivity contribution in [3.8, 4) is 0 Å². The normalized spacial score (nSPS) is 38.1. The van der Waals surface area contributed by atoms with E-state index in [0.29, 0.717) is 18.2 Å². The number of hydrazine groups is 1. The average Bonchev–Trinajstić information content (AvgIpc) is 2.69. The molecule has 0 amide bonds. The van der Waals surface area contributed by atoms with Crippen molar-refractivity contribution in [1.82, 2.24) is 21.5 Å². The maximum absolute atomic E-state index is 5.51. The number of nitrogens with one attached hydrogen (secondary N) is 4. The molecule has 4 unspecified atom stereocenters. The number of hydrogen-bond donors (Lipinski definition) is 6. The molecule has 0 radical (unpaired) electrons. The monoisotopic (exact) mass is 245 g/mol. The maximum atomic E-state index is 5.51. The number of fused-ring (bicyclic) bond motifs is 1. The number of rotatable bonds is 4. The van der Waals surface area contributed by atoms with Crippen LogP contribution in [0.25, 0.3) is 0 Å². The van der Waals surface area contributed by atoms with E-state index in [-0.39, 0.29) is 11.5 Å². The van der Waals surface area contributed by atoms with Gasteiger partial charge in [0.2, 0.25) is 0 Å². The summed E-state index contributed by atoms with van der Waals surface area (Å²) < 4.78 is 0. The lowest BCUT2D eigenvalue weighted by atomic mass is 9.92. The van der Waals surface area contributed by atoms with E-state index in [0.717, 1.165) is 0 Å². The van der Waals surface area contributed by atoms with Gasteiger partial charge in [-0.25, -0.2) is 5.43 Å². The molecule has 2 aliphatic rings. The molecule has 1 heterocycles. The van der Waals surface area contributed by atoms with Crippen molar-refractivity contribution in [3.05, 3.63) is 0 Å². The van der Waals surface area contributed by atoms with Gasteiger partial charge in [0.1, 0.15) is 5.50 Å². The Morgan fingerprint density at radius 1 is 1.19 bits per heavy atom. The van der Waals surface area contributed by atoms with Gasteiger partial charge in [0, 0.05) is 18.1 Å². The van der Waals surface area contributed by atoms with Crippen molar-refractivity contribution in [3.63, 3.8) is 0 Å². The van der Waals surface area contributed by atoms with Crippen molar-refractivity contribution in [2.75, 3.05) is 0 Å². The van der Waals surface area contributed by atoms with Crippen LogP contribution in [0.2, 0.25) is 0 Å². The minimum atomic E-state index is -0.328. The summed E-state index contributed by atoms with van der Waals surface area (Å²) >= 11 is 4.06. The maximum Gasteiger partial charge on any atom is 0.113 e. The Hall–Kier alpha value is 0.150. The lowest BCUT2D eigenvalue weighted by Gasteiger charge is -2.23. The third-order valence-corrected chi connectivity index (χ3v) is 3.64. The topological polar surface area (TPSA) is 74.1 Å². The predicted molar refractivity (Wildman–Crippen MR) is 68.8 cm³/mol. The number of nitrogens with two attached hydrogens (primary N) is 1. The fraction of sp³-hybridized carbons (Fsp3) is 1.00. The Labute approximate surface area is 103 Å². The first-order valence-electron chi connectivity index (χ1n) is 6.13. The van der Waals surface area contributed by atoms with Crippen LogP contribution in [0.4, 0.5) is 0 Å². The quantitative estimate of drug-likeness (QED) is 0.228. The second-order valence-electron chi connectivity index (χ2n) is 4.83. The van der Waals surface area contributed by atoms with Gasteiger partial charge in [0.25, 0.3) is 0 Å². The first-order valence-corrected chi connectivity index (χ1v) is 6.65. The van der Waals surface area contributed by atoms with Gasteiger partial charge in [-0.2, -0.15) is 0 Å². The Kier molecular flexibility index (Phi) is 4.46. The van der Waals surface area contributed by atoms with Gasteiger partial charge in [-0.05, 0) is 19.8 Å². The van der Waals surface area contributed by atoms with Gasteiger partial charge >= 0.3 is 0 Å². The summed E-state index contributed by atoms with van der Waals surface area (Å²) in [6, 6.07) is 1.57. The summed E-state index contributed by atoms with van der Waals surface area (Å²) in [5, 5.41) is 7.27. The highest BCUT2D eigenvalue weighted by Crippen LogP contribution is 2.23. The molecule has 0 aromatic heterocycles. The van der Waals surface area contributed by atoms with Crippen LogP contribution in [0, 0.1) is 0 Å². The predicted octanol–water partition coefficient (Wildman–Crippen LogP) is -0.529. The van der Waals surface area contributed by atoms with Crippen LogP contribution in [-0.4, -0.2) is 29.8 Å². The van der Waals surface area contributed by atoms with Crippen LogP contribution >= 0.6 is 12.6 Å². The van der Waals surface area contributed by atoms with E-state index in [1.54, 1.807) is 0 Å². The first kappa shape index (κ1) is 12.6. The van der Waals surface area contributed by atoms with E-state index in [4.69, 9.17) is 5.73 Å². The Morgan fingerprint density at radius 2 is 1.75 bits per heavy atom. The van der Waals surface area contributed by atoms with Crippen LogP contribution in [0.5, 0.6) is 0 Å². The third kappa shape index (κ3) is 3.09. The van der Waals surface area contributed by atoms with Gasteiger partial charge < -0.3 is 5.73 Å². The summed E-state index contributed by atoms with van der Waals surface area (Å²) in [5.74, 6) is 0. The smallest absolute Gasteiger partial charge is 0.113 e. The van der Waals surface area contributed by atoms with E-state index in [9.17, 15) is 0 Å². The highest BCUT2D eigenvalue weighted by molar-refractivity contribution is 7.80. The average molecular weight is 245 g/mol. The van der Waals surface area contributed by atoms with E-state index in [2.05, 4.69) is 41.0 Å². The molecular weight excluding hydrogens is 222 g/mol. The molecule has 1 aliphatic carbocycles. The van der Waals surface area contributed by atoms with Gasteiger partial charge in [-0.1, -0.05) is 12.8 Å².